The molecule has 3 heterocycles. The van der Waals surface area contributed by atoms with E-state index < -0.39 is 0 Å². The second kappa shape index (κ2) is 13.3. The molecular weight excluding hydrogens is 588 g/mol. The van der Waals surface area contributed by atoms with E-state index in [2.05, 4.69) is 42.6 Å². The number of nitrogens with zero attached hydrogens (tertiary/aromatic N) is 4. The third-order valence-corrected chi connectivity index (χ3v) is 8.80. The number of rotatable bonds is 7. The molecule has 0 atom stereocenters. The molecule has 9 nitrogen and oxygen atoms in total. The van der Waals surface area contributed by atoms with Crippen LogP contribution in [0.2, 0.25) is 0 Å². The summed E-state index contributed by atoms with van der Waals surface area (Å²) in [5, 5.41) is 15.2. The molecule has 0 saturated carbocycles. The molecular formula is C38H42N6O3. The average molecular weight is 631 g/mol. The van der Waals surface area contributed by atoms with Gasteiger partial charge in [0, 0.05) is 35.8 Å². The molecule has 0 unspecified atom stereocenters. The molecule has 0 spiro atoms. The first-order chi connectivity index (χ1) is 22.6. The normalized spacial score (nSPS) is 13.9. The van der Waals surface area contributed by atoms with Crippen molar-refractivity contribution in [1.29, 1.82) is 0 Å². The molecule has 2 aromatic heterocycles. The maximum atomic E-state index is 13.6. The van der Waals surface area contributed by atoms with Crippen molar-refractivity contribution >= 4 is 23.4 Å². The van der Waals surface area contributed by atoms with Crippen LogP contribution in [0.4, 0.5) is 16.3 Å². The highest BCUT2D eigenvalue weighted by molar-refractivity contribution is 6.01. The number of hydrogen-bond acceptors (Lipinski definition) is 5. The summed E-state index contributed by atoms with van der Waals surface area (Å²) in [6, 6.07) is 27.3. The van der Waals surface area contributed by atoms with Gasteiger partial charge >= 0.3 is 6.03 Å². The largest absolute Gasteiger partial charge is 0.360 e. The first kappa shape index (κ1) is 31.8. The lowest BCUT2D eigenvalue weighted by molar-refractivity contribution is 0.0689. The van der Waals surface area contributed by atoms with E-state index in [9.17, 15) is 9.59 Å². The monoisotopic (exact) mass is 630 g/mol. The molecule has 5 aromatic rings. The molecule has 0 radical (unpaired) electrons. The van der Waals surface area contributed by atoms with Crippen LogP contribution >= 0.6 is 0 Å². The van der Waals surface area contributed by atoms with Crippen molar-refractivity contribution in [3.05, 3.63) is 113 Å². The van der Waals surface area contributed by atoms with Crippen LogP contribution in [-0.4, -0.2) is 44.9 Å². The van der Waals surface area contributed by atoms with Crippen LogP contribution < -0.4 is 10.6 Å². The number of aromatic nitrogens is 3. The minimum Gasteiger partial charge on any atom is -0.360 e. The Hall–Kier alpha value is -5.18. The van der Waals surface area contributed by atoms with E-state index in [1.54, 1.807) is 11.6 Å². The zero-order valence-electron chi connectivity index (χ0n) is 27.7. The Bertz CT molecular complexity index is 1860. The fraction of sp³-hybridized carbons (Fsp3) is 0.316. The van der Waals surface area contributed by atoms with E-state index in [1.165, 1.54) is 0 Å². The second-order valence-electron chi connectivity index (χ2n) is 13.4. The Morgan fingerprint density at radius 3 is 2.28 bits per heavy atom. The molecule has 1 aliphatic heterocycles. The Balaban J connectivity index is 1.11. The molecule has 6 rings (SSSR count). The molecule has 9 heteroatoms. The number of urea groups is 1. The van der Waals surface area contributed by atoms with Gasteiger partial charge in [0.15, 0.2) is 0 Å². The quantitative estimate of drug-likeness (QED) is 0.189. The number of hydrogen-bond donors (Lipinski definition) is 2. The van der Waals surface area contributed by atoms with Crippen LogP contribution in [0.5, 0.6) is 0 Å². The highest BCUT2D eigenvalue weighted by Gasteiger charge is 2.30. The lowest BCUT2D eigenvalue weighted by Gasteiger charge is -2.32. The molecule has 242 valence electrons. The summed E-state index contributed by atoms with van der Waals surface area (Å²) in [5.74, 6) is 1.47. The van der Waals surface area contributed by atoms with Crippen LogP contribution in [0.15, 0.2) is 89.5 Å². The Kier molecular flexibility index (Phi) is 8.98. The number of carbonyl (C=O) groups is 2. The molecule has 1 saturated heterocycles. The molecule has 2 N–H and O–H groups in total. The van der Waals surface area contributed by atoms with Gasteiger partial charge in [-0.05, 0) is 62.8 Å². The third kappa shape index (κ3) is 7.14. The molecule has 47 heavy (non-hydrogen) atoms. The zero-order valence-corrected chi connectivity index (χ0v) is 27.7. The van der Waals surface area contributed by atoms with Gasteiger partial charge in [0.25, 0.3) is 5.91 Å². The van der Waals surface area contributed by atoms with Crippen molar-refractivity contribution in [2.75, 3.05) is 23.7 Å². The number of piperidine rings is 1. The number of likely N-dealkylation sites (tertiary alicyclic amines) is 1. The fourth-order valence-corrected chi connectivity index (χ4v) is 6.04. The summed E-state index contributed by atoms with van der Waals surface area (Å²) < 4.78 is 7.23. The van der Waals surface area contributed by atoms with Crippen molar-refractivity contribution in [3.8, 4) is 16.9 Å². The number of benzene rings is 3. The van der Waals surface area contributed by atoms with E-state index in [0.29, 0.717) is 41.8 Å². The number of anilines is 2. The maximum Gasteiger partial charge on any atom is 0.324 e. The number of amides is 3. The van der Waals surface area contributed by atoms with Crippen LogP contribution in [0, 0.1) is 19.8 Å². The van der Waals surface area contributed by atoms with E-state index >= 15 is 0 Å². The summed E-state index contributed by atoms with van der Waals surface area (Å²) in [6.45, 7) is 11.4. The number of aryl methyl sites for hydroxylation is 2. The van der Waals surface area contributed by atoms with Gasteiger partial charge in [0.2, 0.25) is 0 Å². The van der Waals surface area contributed by atoms with Crippen LogP contribution in [0.3, 0.4) is 0 Å². The van der Waals surface area contributed by atoms with Crippen molar-refractivity contribution in [2.45, 2.75) is 59.3 Å². The van der Waals surface area contributed by atoms with E-state index in [-0.39, 0.29) is 17.4 Å². The lowest BCUT2D eigenvalue weighted by atomic mass is 9.89. The van der Waals surface area contributed by atoms with Gasteiger partial charge in [-0.25, -0.2) is 9.48 Å². The van der Waals surface area contributed by atoms with Gasteiger partial charge in [-0.3, -0.25) is 10.1 Å². The van der Waals surface area contributed by atoms with Gasteiger partial charge < -0.3 is 14.7 Å². The van der Waals surface area contributed by atoms with Crippen molar-refractivity contribution in [2.24, 2.45) is 5.92 Å². The third-order valence-electron chi connectivity index (χ3n) is 8.80. The van der Waals surface area contributed by atoms with Crippen molar-refractivity contribution < 1.29 is 14.1 Å². The van der Waals surface area contributed by atoms with Crippen LogP contribution in [-0.2, 0) is 11.8 Å². The molecule has 1 fully saturated rings. The fourth-order valence-electron chi connectivity index (χ4n) is 6.04. The van der Waals surface area contributed by atoms with Gasteiger partial charge in [-0.15, -0.1) is 0 Å². The maximum absolute atomic E-state index is 13.6. The first-order valence-electron chi connectivity index (χ1n) is 16.2. The standard InChI is InChI=1S/C38H42N6O3/c1-25-15-17-30(18-16-25)44-33(24-32(41-44)38(3,4)5)40-37(46)39-31-14-10-9-13-29(31)23-27-19-21-43(22-20-27)36(45)34-26(2)47-42-35(34)28-11-7-6-8-12-28/h6-18,24,27H,19-23H2,1-5H3,(H2,39,40,46). The second-order valence-corrected chi connectivity index (χ2v) is 13.4. The summed E-state index contributed by atoms with van der Waals surface area (Å²) in [5.41, 5.74) is 6.55. The smallest absolute Gasteiger partial charge is 0.324 e. The summed E-state index contributed by atoms with van der Waals surface area (Å²) >= 11 is 0. The van der Waals surface area contributed by atoms with Crippen LogP contribution in [0.25, 0.3) is 16.9 Å². The molecule has 0 aliphatic carbocycles. The van der Waals surface area contributed by atoms with Crippen molar-refractivity contribution in [1.82, 2.24) is 19.8 Å². The van der Waals surface area contributed by atoms with E-state index in [1.807, 2.05) is 90.7 Å². The zero-order chi connectivity index (χ0) is 33.1. The Morgan fingerprint density at radius 2 is 1.57 bits per heavy atom. The molecule has 1 aliphatic rings. The number of para-hydroxylation sites is 1. The minimum absolute atomic E-state index is 0.0423. The van der Waals surface area contributed by atoms with Gasteiger partial charge in [0.1, 0.15) is 22.8 Å². The molecule has 0 bridgehead atoms. The first-order valence-corrected chi connectivity index (χ1v) is 16.2. The van der Waals surface area contributed by atoms with Gasteiger partial charge in [0.05, 0.1) is 11.4 Å². The van der Waals surface area contributed by atoms with Crippen molar-refractivity contribution in [3.63, 3.8) is 0 Å². The number of carbonyl (C=O) groups excluding carboxylic acids is 2. The summed E-state index contributed by atoms with van der Waals surface area (Å²) in [6.07, 6.45) is 2.53. The molecule has 3 amide bonds. The Morgan fingerprint density at radius 1 is 0.894 bits per heavy atom. The predicted molar refractivity (Wildman–Crippen MR) is 185 cm³/mol. The van der Waals surface area contributed by atoms with E-state index in [0.717, 1.165) is 53.0 Å². The van der Waals surface area contributed by atoms with Crippen LogP contribution in [0.1, 0.15) is 66.6 Å². The summed E-state index contributed by atoms with van der Waals surface area (Å²) in [4.78, 5) is 28.9. The Labute approximate surface area is 276 Å². The topological polar surface area (TPSA) is 105 Å². The lowest BCUT2D eigenvalue weighted by Crippen LogP contribution is -2.39. The average Bonchev–Trinajstić information content (AvgIpc) is 3.66. The number of nitrogens with one attached hydrogen (secondary N) is 2. The SMILES string of the molecule is Cc1ccc(-n2nc(C(C)(C)C)cc2NC(=O)Nc2ccccc2CC2CCN(C(=O)c3c(-c4ccccc4)noc3C)CC2)cc1. The minimum atomic E-state index is -0.329. The van der Waals surface area contributed by atoms with E-state index in [4.69, 9.17) is 9.62 Å². The van der Waals surface area contributed by atoms with Gasteiger partial charge in [-0.1, -0.05) is 92.2 Å². The highest BCUT2D eigenvalue weighted by Crippen LogP contribution is 2.31. The molecule has 3 aromatic carbocycles. The highest BCUT2D eigenvalue weighted by atomic mass is 16.5. The summed E-state index contributed by atoms with van der Waals surface area (Å²) in [7, 11) is 0. The van der Waals surface area contributed by atoms with Gasteiger partial charge in [-0.2, -0.15) is 5.10 Å². The predicted octanol–water partition coefficient (Wildman–Crippen LogP) is 8.18.